The number of carbonyl (C=O) groups excluding carboxylic acids is 1. The van der Waals surface area contributed by atoms with Crippen LogP contribution in [-0.2, 0) is 4.79 Å². The predicted octanol–water partition coefficient (Wildman–Crippen LogP) is 2.79. The number of aromatic nitrogens is 3. The second kappa shape index (κ2) is 7.79. The van der Waals surface area contributed by atoms with E-state index in [1.165, 1.54) is 17.3 Å². The van der Waals surface area contributed by atoms with E-state index < -0.39 is 0 Å². The first kappa shape index (κ1) is 16.3. The third kappa shape index (κ3) is 4.21. The number of thioether (sulfide) groups is 1. The molecule has 1 aromatic heterocycles. The van der Waals surface area contributed by atoms with Gasteiger partial charge in [-0.15, -0.1) is 16.8 Å². The fraction of sp³-hybridized carbons (Fsp3) is 0.312. The van der Waals surface area contributed by atoms with Crippen molar-refractivity contribution in [3.05, 3.63) is 48.8 Å². The molecule has 0 saturated heterocycles. The molecule has 2 rings (SSSR count). The molecular formula is C16H20N4OS. The zero-order valence-corrected chi connectivity index (χ0v) is 13.6. The highest BCUT2D eigenvalue weighted by molar-refractivity contribution is 7.99. The lowest BCUT2D eigenvalue weighted by atomic mass is 10.0. The Balaban J connectivity index is 2.05. The maximum atomic E-state index is 11.6. The molecule has 6 heteroatoms. The zero-order valence-electron chi connectivity index (χ0n) is 12.8. The van der Waals surface area contributed by atoms with E-state index in [4.69, 9.17) is 0 Å². The summed E-state index contributed by atoms with van der Waals surface area (Å²) in [6.45, 7) is 8.37. The largest absolute Gasteiger partial charge is 0.352 e. The molecule has 0 spiro atoms. The maximum absolute atomic E-state index is 11.6. The Bertz CT molecular complexity index is 634. The zero-order chi connectivity index (χ0) is 15.9. The van der Waals surface area contributed by atoms with Crippen LogP contribution in [0.1, 0.15) is 25.3 Å². The van der Waals surface area contributed by atoms with Crippen molar-refractivity contribution >= 4 is 17.7 Å². The lowest BCUT2D eigenvalue weighted by Gasteiger charge is -2.09. The molecule has 5 nitrogen and oxygen atoms in total. The quantitative estimate of drug-likeness (QED) is 0.630. The Morgan fingerprint density at radius 1 is 1.41 bits per heavy atom. The van der Waals surface area contributed by atoms with Crippen molar-refractivity contribution in [3.63, 3.8) is 0 Å². The van der Waals surface area contributed by atoms with Gasteiger partial charge in [-0.3, -0.25) is 9.36 Å². The molecule has 0 aliphatic rings. The molecule has 0 aliphatic carbocycles. The average molecular weight is 316 g/mol. The second-order valence-corrected chi connectivity index (χ2v) is 6.05. The summed E-state index contributed by atoms with van der Waals surface area (Å²) in [5.74, 6) is 0.753. The summed E-state index contributed by atoms with van der Waals surface area (Å²) < 4.78 is 1.88. The van der Waals surface area contributed by atoms with Crippen molar-refractivity contribution in [1.82, 2.24) is 20.1 Å². The Morgan fingerprint density at radius 2 is 2.14 bits per heavy atom. The standard InChI is InChI=1S/C16H20N4OS/c1-4-9-17-15(21)10-22-16-19-18-11-20(16)14-7-5-13(6-8-14)12(2)3/h4-8,11-12H,1,9-10H2,2-3H3,(H,17,21). The minimum atomic E-state index is -0.0467. The van der Waals surface area contributed by atoms with Gasteiger partial charge in [-0.05, 0) is 23.6 Å². The highest BCUT2D eigenvalue weighted by Gasteiger charge is 2.10. The van der Waals surface area contributed by atoms with Crippen LogP contribution < -0.4 is 5.32 Å². The number of benzene rings is 1. The van der Waals surface area contributed by atoms with Gasteiger partial charge < -0.3 is 5.32 Å². The molecule has 0 bridgehead atoms. The number of hydrogen-bond acceptors (Lipinski definition) is 4. The number of carbonyl (C=O) groups is 1. The second-order valence-electron chi connectivity index (χ2n) is 5.11. The van der Waals surface area contributed by atoms with Gasteiger partial charge in [0.05, 0.1) is 5.75 Å². The van der Waals surface area contributed by atoms with Gasteiger partial charge in [-0.25, -0.2) is 0 Å². The van der Waals surface area contributed by atoms with E-state index in [2.05, 4.69) is 48.1 Å². The number of rotatable bonds is 7. The molecule has 1 amide bonds. The van der Waals surface area contributed by atoms with Crippen molar-refractivity contribution < 1.29 is 4.79 Å². The number of nitrogens with zero attached hydrogens (tertiary/aromatic N) is 3. The lowest BCUT2D eigenvalue weighted by Crippen LogP contribution is -2.25. The monoisotopic (exact) mass is 316 g/mol. The average Bonchev–Trinajstić information content (AvgIpc) is 2.99. The molecule has 2 aromatic rings. The molecule has 116 valence electrons. The van der Waals surface area contributed by atoms with Crippen LogP contribution in [0, 0.1) is 0 Å². The van der Waals surface area contributed by atoms with Crippen LogP contribution in [0.25, 0.3) is 5.69 Å². The van der Waals surface area contributed by atoms with E-state index in [0.717, 1.165) is 5.69 Å². The number of amides is 1. The van der Waals surface area contributed by atoms with Gasteiger partial charge in [0.1, 0.15) is 6.33 Å². The predicted molar refractivity (Wildman–Crippen MR) is 89.4 cm³/mol. The van der Waals surface area contributed by atoms with Gasteiger partial charge in [-0.2, -0.15) is 0 Å². The van der Waals surface area contributed by atoms with Gasteiger partial charge in [0.25, 0.3) is 0 Å². The van der Waals surface area contributed by atoms with E-state index in [0.29, 0.717) is 23.4 Å². The SMILES string of the molecule is C=CCNC(=O)CSc1nncn1-c1ccc(C(C)C)cc1. The van der Waals surface area contributed by atoms with E-state index in [9.17, 15) is 4.79 Å². The minimum absolute atomic E-state index is 0.0467. The summed E-state index contributed by atoms with van der Waals surface area (Å²) in [5, 5.41) is 11.5. The van der Waals surface area contributed by atoms with Crippen molar-refractivity contribution in [3.8, 4) is 5.69 Å². The molecule has 1 aromatic carbocycles. The Kier molecular flexibility index (Phi) is 5.77. The van der Waals surface area contributed by atoms with Gasteiger partial charge >= 0.3 is 0 Å². The van der Waals surface area contributed by atoms with E-state index in [1.807, 2.05) is 16.7 Å². The third-order valence-electron chi connectivity index (χ3n) is 3.13. The summed E-state index contributed by atoms with van der Waals surface area (Å²) in [7, 11) is 0. The molecule has 0 radical (unpaired) electrons. The lowest BCUT2D eigenvalue weighted by molar-refractivity contribution is -0.118. The fourth-order valence-electron chi connectivity index (χ4n) is 1.89. The van der Waals surface area contributed by atoms with Crippen LogP contribution in [0.4, 0.5) is 0 Å². The van der Waals surface area contributed by atoms with Crippen LogP contribution in [0.2, 0.25) is 0 Å². The normalized spacial score (nSPS) is 10.7. The molecule has 0 atom stereocenters. The summed E-state index contributed by atoms with van der Waals surface area (Å²) in [6, 6.07) is 8.29. The maximum Gasteiger partial charge on any atom is 0.230 e. The van der Waals surface area contributed by atoms with Crippen molar-refractivity contribution in [2.75, 3.05) is 12.3 Å². The summed E-state index contributed by atoms with van der Waals surface area (Å²) in [5.41, 5.74) is 2.28. The Morgan fingerprint density at radius 3 is 2.77 bits per heavy atom. The first-order valence-corrected chi connectivity index (χ1v) is 8.11. The van der Waals surface area contributed by atoms with Gasteiger partial charge in [0.15, 0.2) is 5.16 Å². The molecule has 22 heavy (non-hydrogen) atoms. The van der Waals surface area contributed by atoms with Crippen molar-refractivity contribution in [2.24, 2.45) is 0 Å². The minimum Gasteiger partial charge on any atom is -0.352 e. The summed E-state index contributed by atoms with van der Waals surface area (Å²) >= 11 is 1.36. The van der Waals surface area contributed by atoms with Crippen LogP contribution in [0.3, 0.4) is 0 Å². The number of nitrogens with one attached hydrogen (secondary N) is 1. The molecule has 0 saturated carbocycles. The summed E-state index contributed by atoms with van der Waals surface area (Å²) in [4.78, 5) is 11.6. The van der Waals surface area contributed by atoms with E-state index >= 15 is 0 Å². The smallest absolute Gasteiger partial charge is 0.230 e. The van der Waals surface area contributed by atoms with Gasteiger partial charge in [0, 0.05) is 12.2 Å². The Hall–Kier alpha value is -2.08. The van der Waals surface area contributed by atoms with E-state index in [-0.39, 0.29) is 5.91 Å². The first-order valence-electron chi connectivity index (χ1n) is 7.12. The third-order valence-corrected chi connectivity index (χ3v) is 4.07. The fourth-order valence-corrected chi connectivity index (χ4v) is 2.65. The van der Waals surface area contributed by atoms with Crippen LogP contribution in [0.5, 0.6) is 0 Å². The molecule has 1 N–H and O–H groups in total. The van der Waals surface area contributed by atoms with E-state index in [1.54, 1.807) is 12.4 Å². The van der Waals surface area contributed by atoms with Gasteiger partial charge in [0.2, 0.25) is 5.91 Å². The number of hydrogen-bond donors (Lipinski definition) is 1. The molecule has 1 heterocycles. The van der Waals surface area contributed by atoms with Crippen molar-refractivity contribution in [1.29, 1.82) is 0 Å². The topological polar surface area (TPSA) is 59.8 Å². The first-order chi connectivity index (χ1) is 10.6. The highest BCUT2D eigenvalue weighted by Crippen LogP contribution is 2.21. The van der Waals surface area contributed by atoms with Crippen LogP contribution >= 0.6 is 11.8 Å². The molecule has 0 unspecified atom stereocenters. The van der Waals surface area contributed by atoms with Crippen LogP contribution in [0.15, 0.2) is 48.4 Å². The van der Waals surface area contributed by atoms with Crippen molar-refractivity contribution in [2.45, 2.75) is 24.9 Å². The highest BCUT2D eigenvalue weighted by atomic mass is 32.2. The molecule has 0 aliphatic heterocycles. The van der Waals surface area contributed by atoms with Gasteiger partial charge in [-0.1, -0.05) is 43.8 Å². The Labute approximate surface area is 134 Å². The molecule has 0 fully saturated rings. The van der Waals surface area contributed by atoms with Crippen LogP contribution in [-0.4, -0.2) is 33.0 Å². The molecular weight excluding hydrogens is 296 g/mol. The summed E-state index contributed by atoms with van der Waals surface area (Å²) in [6.07, 6.45) is 3.32.